The topological polar surface area (TPSA) is 131 Å². The number of nitrogens with two attached hydrogens (primary N) is 1. The molecule has 0 aliphatic heterocycles. The van der Waals surface area contributed by atoms with Crippen LogP contribution in [-0.2, 0) is 22.7 Å². The number of anilines is 2. The summed E-state index contributed by atoms with van der Waals surface area (Å²) in [5.41, 5.74) is 7.61. The fraction of sp³-hybridized carbons (Fsp3) is 0.300. The number of rotatable bonds is 5. The second-order valence-electron chi connectivity index (χ2n) is 5.28. The van der Waals surface area contributed by atoms with Crippen molar-refractivity contribution in [1.29, 1.82) is 0 Å². The van der Waals surface area contributed by atoms with E-state index in [2.05, 4.69) is 10.1 Å². The number of nitrogens with one attached hydrogen (secondary N) is 1. The number of aliphatic hydroxyl groups is 2. The van der Waals surface area contributed by atoms with Crippen LogP contribution in [0, 0.1) is 0 Å². The first-order valence-corrected chi connectivity index (χ1v) is 9.15. The van der Waals surface area contributed by atoms with Crippen LogP contribution >= 0.6 is 11.6 Å². The van der Waals surface area contributed by atoms with E-state index in [0.29, 0.717) is 24.6 Å². The minimum Gasteiger partial charge on any atom is -0.454 e. The Morgan fingerprint density at radius 2 is 1.52 bits per heavy atom. The summed E-state index contributed by atoms with van der Waals surface area (Å²) in [6, 6.07) is 14.1. The molecule has 0 atom stereocenters. The third kappa shape index (κ3) is 13.9. The normalized spacial score (nSPS) is 9.14. The highest BCUT2D eigenvalue weighted by Crippen LogP contribution is 2.10. The first-order chi connectivity index (χ1) is 13.9. The molecule has 0 aliphatic rings. The van der Waals surface area contributed by atoms with Crippen LogP contribution in [0.3, 0.4) is 0 Å². The lowest BCUT2D eigenvalue weighted by Gasteiger charge is -2.05. The van der Waals surface area contributed by atoms with Gasteiger partial charge in [0.1, 0.15) is 0 Å². The summed E-state index contributed by atoms with van der Waals surface area (Å²) in [7, 11) is 0. The van der Waals surface area contributed by atoms with Gasteiger partial charge in [0.05, 0.1) is 26.4 Å². The van der Waals surface area contributed by atoms with Crippen molar-refractivity contribution in [3.05, 3.63) is 59.7 Å². The largest absolute Gasteiger partial charge is 0.454 e. The molecule has 2 rings (SSSR count). The molecule has 29 heavy (non-hydrogen) atoms. The van der Waals surface area contributed by atoms with E-state index in [1.54, 1.807) is 50.2 Å². The maximum atomic E-state index is 11.0. The SMILES string of the molecule is CCOC(=O)Cl.CCOC(=O)Nc1cccc(CO)c1.Nc1cccc(CO)c1. The van der Waals surface area contributed by atoms with Crippen molar-refractivity contribution in [2.24, 2.45) is 0 Å². The Labute approximate surface area is 175 Å². The summed E-state index contributed by atoms with van der Waals surface area (Å²) in [6.07, 6.45) is -0.484. The minimum absolute atomic E-state index is 0.0433. The molecule has 0 aromatic heterocycles. The zero-order valence-electron chi connectivity index (χ0n) is 16.4. The summed E-state index contributed by atoms with van der Waals surface area (Å²) in [5.74, 6) is 0. The number of hydrogen-bond acceptors (Lipinski definition) is 7. The lowest BCUT2D eigenvalue weighted by Crippen LogP contribution is -2.13. The van der Waals surface area contributed by atoms with Crippen LogP contribution in [0.5, 0.6) is 0 Å². The molecule has 0 aliphatic carbocycles. The van der Waals surface area contributed by atoms with Gasteiger partial charge in [0.2, 0.25) is 0 Å². The predicted octanol–water partition coefficient (Wildman–Crippen LogP) is 3.89. The second-order valence-corrected chi connectivity index (χ2v) is 5.59. The molecule has 8 nitrogen and oxygen atoms in total. The summed E-state index contributed by atoms with van der Waals surface area (Å²) < 4.78 is 8.87. The molecule has 0 bridgehead atoms. The molecule has 0 saturated carbocycles. The maximum Gasteiger partial charge on any atom is 0.411 e. The number of hydrogen-bond donors (Lipinski definition) is 4. The van der Waals surface area contributed by atoms with Gasteiger partial charge in [-0.3, -0.25) is 5.32 Å². The first kappa shape index (κ1) is 26.2. The van der Waals surface area contributed by atoms with E-state index in [4.69, 9.17) is 32.3 Å². The molecule has 1 amide bonds. The van der Waals surface area contributed by atoms with E-state index in [1.165, 1.54) is 0 Å². The highest BCUT2D eigenvalue weighted by Gasteiger charge is 2.01. The van der Waals surface area contributed by atoms with Gasteiger partial charge < -0.3 is 25.4 Å². The third-order valence-corrected chi connectivity index (χ3v) is 3.13. The van der Waals surface area contributed by atoms with Gasteiger partial charge in [0, 0.05) is 23.0 Å². The molecule has 2 aromatic carbocycles. The first-order valence-electron chi connectivity index (χ1n) is 8.77. The summed E-state index contributed by atoms with van der Waals surface area (Å²) in [6.45, 7) is 4.14. The van der Waals surface area contributed by atoms with Crippen molar-refractivity contribution < 1.29 is 29.3 Å². The monoisotopic (exact) mass is 426 g/mol. The molecule has 0 spiro atoms. The Morgan fingerprint density at radius 3 is 1.93 bits per heavy atom. The van der Waals surface area contributed by atoms with Gasteiger partial charge in [-0.2, -0.15) is 0 Å². The van der Waals surface area contributed by atoms with Crippen molar-refractivity contribution in [3.8, 4) is 0 Å². The Kier molecular flexibility index (Phi) is 14.6. The van der Waals surface area contributed by atoms with Crippen molar-refractivity contribution in [2.45, 2.75) is 27.1 Å². The predicted molar refractivity (Wildman–Crippen MR) is 113 cm³/mol. The van der Waals surface area contributed by atoms with E-state index < -0.39 is 11.5 Å². The second kappa shape index (κ2) is 16.2. The number of carbonyl (C=O) groups is 2. The van der Waals surface area contributed by atoms with Crippen LogP contribution in [0.25, 0.3) is 0 Å². The van der Waals surface area contributed by atoms with Crippen molar-refractivity contribution in [2.75, 3.05) is 24.3 Å². The van der Waals surface area contributed by atoms with Gasteiger partial charge in [-0.15, -0.1) is 0 Å². The Bertz CT molecular complexity index is 742. The lowest BCUT2D eigenvalue weighted by atomic mass is 10.2. The summed E-state index contributed by atoms with van der Waals surface area (Å²) >= 11 is 4.72. The molecule has 9 heteroatoms. The smallest absolute Gasteiger partial charge is 0.411 e. The average Bonchev–Trinajstić information content (AvgIpc) is 2.69. The van der Waals surface area contributed by atoms with Crippen LogP contribution in [0.15, 0.2) is 48.5 Å². The molecule has 160 valence electrons. The van der Waals surface area contributed by atoms with Crippen LogP contribution in [-0.4, -0.2) is 34.9 Å². The minimum atomic E-state index is -0.738. The van der Waals surface area contributed by atoms with E-state index in [9.17, 15) is 9.59 Å². The zero-order chi connectivity index (χ0) is 22.1. The van der Waals surface area contributed by atoms with Crippen LogP contribution in [0.4, 0.5) is 21.0 Å². The molecule has 2 aromatic rings. The van der Waals surface area contributed by atoms with Crippen LogP contribution < -0.4 is 11.1 Å². The van der Waals surface area contributed by atoms with Gasteiger partial charge >= 0.3 is 11.5 Å². The Morgan fingerprint density at radius 1 is 0.966 bits per heavy atom. The fourth-order valence-corrected chi connectivity index (χ4v) is 1.95. The van der Waals surface area contributed by atoms with Gasteiger partial charge in [-0.1, -0.05) is 24.3 Å². The number of ether oxygens (including phenoxy) is 2. The van der Waals surface area contributed by atoms with Crippen molar-refractivity contribution in [3.63, 3.8) is 0 Å². The van der Waals surface area contributed by atoms with Gasteiger partial charge in [0.25, 0.3) is 0 Å². The highest BCUT2D eigenvalue weighted by molar-refractivity contribution is 6.61. The number of halogens is 1. The van der Waals surface area contributed by atoms with Crippen molar-refractivity contribution in [1.82, 2.24) is 0 Å². The molecule has 0 radical (unpaired) electrons. The molecular formula is C20H27ClN2O6. The van der Waals surface area contributed by atoms with Crippen LogP contribution in [0.2, 0.25) is 0 Å². The third-order valence-electron chi connectivity index (χ3n) is 3.02. The summed E-state index contributed by atoms with van der Waals surface area (Å²) in [5, 5.41) is 20.0. The number of aliphatic hydroxyl groups excluding tert-OH is 2. The molecule has 0 heterocycles. The zero-order valence-corrected chi connectivity index (χ0v) is 17.2. The quantitative estimate of drug-likeness (QED) is 0.421. The van der Waals surface area contributed by atoms with Gasteiger partial charge in [-0.25, -0.2) is 9.59 Å². The number of amides is 1. The number of carbonyl (C=O) groups excluding carboxylic acids is 2. The molecular weight excluding hydrogens is 400 g/mol. The van der Waals surface area contributed by atoms with E-state index >= 15 is 0 Å². The Hall–Kier alpha value is -2.81. The van der Waals surface area contributed by atoms with Crippen molar-refractivity contribution >= 4 is 34.5 Å². The Balaban J connectivity index is 0.000000448. The van der Waals surface area contributed by atoms with E-state index in [0.717, 1.165) is 11.1 Å². The average molecular weight is 427 g/mol. The van der Waals surface area contributed by atoms with E-state index in [-0.39, 0.29) is 13.2 Å². The van der Waals surface area contributed by atoms with Gasteiger partial charge in [-0.05, 0) is 49.2 Å². The van der Waals surface area contributed by atoms with E-state index in [1.807, 2.05) is 12.1 Å². The standard InChI is InChI=1S/C10H13NO3.C7H9NO.C3H5ClO2/c1-2-14-10(13)11-9-5-3-4-8(6-9)7-12;8-7-3-1-2-6(4-7)5-9;1-2-6-3(4)5/h3-6,12H,2,7H2,1H3,(H,11,13);1-4,9H,5,8H2;2H2,1H3. The van der Waals surface area contributed by atoms with Crippen LogP contribution in [0.1, 0.15) is 25.0 Å². The molecule has 0 unspecified atom stereocenters. The highest BCUT2D eigenvalue weighted by atomic mass is 35.5. The lowest BCUT2D eigenvalue weighted by molar-refractivity contribution is 0.168. The molecule has 5 N–H and O–H groups in total. The number of nitrogen functional groups attached to an aromatic ring is 1. The molecule has 0 fully saturated rings. The molecule has 0 saturated heterocycles. The maximum absolute atomic E-state index is 11.0. The summed E-state index contributed by atoms with van der Waals surface area (Å²) in [4.78, 5) is 20.6. The van der Waals surface area contributed by atoms with Gasteiger partial charge in [0.15, 0.2) is 0 Å². The number of benzene rings is 2. The fourth-order valence-electron chi connectivity index (χ4n) is 1.84.